The van der Waals surface area contributed by atoms with E-state index in [0.29, 0.717) is 19.8 Å². The highest BCUT2D eigenvalue weighted by Gasteiger charge is 2.40. The molecule has 2 atom stereocenters. The quantitative estimate of drug-likeness (QED) is 0.594. The van der Waals surface area contributed by atoms with E-state index in [9.17, 15) is 4.79 Å². The largest absolute Gasteiger partial charge is 0.444 e. The van der Waals surface area contributed by atoms with Crippen LogP contribution < -0.4 is 0 Å². The van der Waals surface area contributed by atoms with Gasteiger partial charge in [-0.25, -0.2) is 4.79 Å². The van der Waals surface area contributed by atoms with Crippen molar-refractivity contribution in [2.24, 2.45) is 0 Å². The van der Waals surface area contributed by atoms with Crippen molar-refractivity contribution in [3.05, 3.63) is 12.2 Å². The molecule has 1 aliphatic carbocycles. The number of nitrogens with zero attached hydrogens (tertiary/aromatic N) is 1. The first-order chi connectivity index (χ1) is 8.83. The summed E-state index contributed by atoms with van der Waals surface area (Å²) < 4.78 is 10.6. The summed E-state index contributed by atoms with van der Waals surface area (Å²) >= 11 is 0. The van der Waals surface area contributed by atoms with E-state index in [1.54, 1.807) is 4.90 Å². The van der Waals surface area contributed by atoms with Gasteiger partial charge in [0.1, 0.15) is 6.10 Å². The molecule has 2 rings (SSSR count). The van der Waals surface area contributed by atoms with Gasteiger partial charge in [0.2, 0.25) is 0 Å². The second kappa shape index (κ2) is 6.75. The summed E-state index contributed by atoms with van der Waals surface area (Å²) in [5, 5.41) is 8.63. The second-order valence-corrected chi connectivity index (χ2v) is 4.65. The molecule has 1 aliphatic heterocycles. The molecule has 5 nitrogen and oxygen atoms in total. The third-order valence-corrected chi connectivity index (χ3v) is 3.44. The standard InChI is InChI=1S/C13H21NO4/c15-8-10-17-9-7-14-11-5-3-1-2-4-6-12(11)18-13(14)16/h1-2,11-12,15H,3-10H2/b2-1-/t11-,12?/m0/s1. The summed E-state index contributed by atoms with van der Waals surface area (Å²) in [5.41, 5.74) is 0. The molecule has 1 fully saturated rings. The fraction of sp³-hybridized carbons (Fsp3) is 0.769. The Morgan fingerprint density at radius 1 is 1.33 bits per heavy atom. The van der Waals surface area contributed by atoms with Crippen LogP contribution in [0, 0.1) is 0 Å². The number of hydrogen-bond acceptors (Lipinski definition) is 4. The summed E-state index contributed by atoms with van der Waals surface area (Å²) in [7, 11) is 0. The highest BCUT2D eigenvalue weighted by Crippen LogP contribution is 2.28. The molecule has 0 saturated carbocycles. The Bertz CT molecular complexity index is 305. The van der Waals surface area contributed by atoms with Gasteiger partial charge in [-0.3, -0.25) is 4.90 Å². The maximum atomic E-state index is 11.8. The molecule has 0 spiro atoms. The molecule has 5 heteroatoms. The third kappa shape index (κ3) is 3.23. The Balaban J connectivity index is 1.87. The Morgan fingerprint density at radius 3 is 2.89 bits per heavy atom. The molecule has 1 saturated heterocycles. The highest BCUT2D eigenvalue weighted by atomic mass is 16.6. The Morgan fingerprint density at radius 2 is 2.11 bits per heavy atom. The summed E-state index contributed by atoms with van der Waals surface area (Å²) in [6.45, 7) is 1.33. The maximum Gasteiger partial charge on any atom is 0.410 e. The number of hydrogen-bond donors (Lipinski definition) is 1. The van der Waals surface area contributed by atoms with Crippen molar-refractivity contribution in [3.63, 3.8) is 0 Å². The first-order valence-corrected chi connectivity index (χ1v) is 6.64. The fourth-order valence-corrected chi connectivity index (χ4v) is 2.55. The zero-order valence-corrected chi connectivity index (χ0v) is 10.6. The van der Waals surface area contributed by atoms with Crippen LogP contribution in [-0.4, -0.2) is 54.6 Å². The smallest absolute Gasteiger partial charge is 0.410 e. The lowest BCUT2D eigenvalue weighted by Crippen LogP contribution is -2.39. The molecule has 102 valence electrons. The number of aliphatic hydroxyl groups excluding tert-OH is 1. The van der Waals surface area contributed by atoms with Crippen LogP contribution in [0.1, 0.15) is 25.7 Å². The molecule has 2 aliphatic rings. The third-order valence-electron chi connectivity index (χ3n) is 3.44. The van der Waals surface area contributed by atoms with Crippen LogP contribution in [0.3, 0.4) is 0 Å². The van der Waals surface area contributed by atoms with Gasteiger partial charge in [-0.15, -0.1) is 0 Å². The van der Waals surface area contributed by atoms with E-state index in [2.05, 4.69) is 12.2 Å². The van der Waals surface area contributed by atoms with Gasteiger partial charge >= 0.3 is 6.09 Å². The van der Waals surface area contributed by atoms with Gasteiger partial charge in [-0.2, -0.15) is 0 Å². The molecule has 0 radical (unpaired) electrons. The van der Waals surface area contributed by atoms with Crippen molar-refractivity contribution >= 4 is 6.09 Å². The van der Waals surface area contributed by atoms with E-state index in [4.69, 9.17) is 14.6 Å². The van der Waals surface area contributed by atoms with Gasteiger partial charge < -0.3 is 14.6 Å². The van der Waals surface area contributed by atoms with Crippen LogP contribution >= 0.6 is 0 Å². The van der Waals surface area contributed by atoms with Gasteiger partial charge in [0.25, 0.3) is 0 Å². The molecule has 18 heavy (non-hydrogen) atoms. The number of allylic oxidation sites excluding steroid dienone is 2. The minimum atomic E-state index is -0.223. The van der Waals surface area contributed by atoms with Crippen LogP contribution in [0.15, 0.2) is 12.2 Å². The molecule has 0 aromatic rings. The van der Waals surface area contributed by atoms with Crippen molar-refractivity contribution in [3.8, 4) is 0 Å². The molecule has 1 amide bonds. The topological polar surface area (TPSA) is 59.0 Å². The van der Waals surface area contributed by atoms with E-state index < -0.39 is 0 Å². The van der Waals surface area contributed by atoms with Crippen molar-refractivity contribution < 1.29 is 19.4 Å². The van der Waals surface area contributed by atoms with Gasteiger partial charge in [0, 0.05) is 6.54 Å². The number of amides is 1. The van der Waals surface area contributed by atoms with Gasteiger partial charge in [-0.05, 0) is 25.7 Å². The van der Waals surface area contributed by atoms with Crippen LogP contribution in [0.2, 0.25) is 0 Å². The van der Waals surface area contributed by atoms with Crippen LogP contribution in [0.25, 0.3) is 0 Å². The van der Waals surface area contributed by atoms with Crippen molar-refractivity contribution in [2.45, 2.75) is 37.8 Å². The molecular formula is C13H21NO4. The van der Waals surface area contributed by atoms with E-state index in [1.807, 2.05) is 0 Å². The van der Waals surface area contributed by atoms with Crippen LogP contribution in [0.5, 0.6) is 0 Å². The van der Waals surface area contributed by atoms with Gasteiger partial charge in [0.05, 0.1) is 25.9 Å². The maximum absolute atomic E-state index is 11.8. The highest BCUT2D eigenvalue weighted by molar-refractivity contribution is 5.70. The van der Waals surface area contributed by atoms with Crippen molar-refractivity contribution in [1.29, 1.82) is 0 Å². The SMILES string of the molecule is O=C1OC2CC/C=C\CC[C@@H]2N1CCOCCO. The Labute approximate surface area is 107 Å². The second-order valence-electron chi connectivity index (χ2n) is 4.65. The van der Waals surface area contributed by atoms with Gasteiger partial charge in [-0.1, -0.05) is 12.2 Å². The van der Waals surface area contributed by atoms with E-state index in [0.717, 1.165) is 25.7 Å². The molecule has 0 aromatic carbocycles. The lowest BCUT2D eigenvalue weighted by molar-refractivity contribution is 0.0747. The molecule has 1 N–H and O–H groups in total. The number of aliphatic hydroxyl groups is 1. The molecule has 1 unspecified atom stereocenters. The number of carbonyl (C=O) groups excluding carboxylic acids is 1. The lowest BCUT2D eigenvalue weighted by Gasteiger charge is -2.25. The monoisotopic (exact) mass is 255 g/mol. The lowest BCUT2D eigenvalue weighted by atomic mass is 9.98. The summed E-state index contributed by atoms with van der Waals surface area (Å²) in [6, 6.07) is 0.181. The fourth-order valence-electron chi connectivity index (χ4n) is 2.55. The summed E-state index contributed by atoms with van der Waals surface area (Å²) in [5.74, 6) is 0. The van der Waals surface area contributed by atoms with Crippen molar-refractivity contribution in [1.82, 2.24) is 4.90 Å². The first kappa shape index (κ1) is 13.4. The first-order valence-electron chi connectivity index (χ1n) is 6.64. The normalized spacial score (nSPS) is 29.4. The van der Waals surface area contributed by atoms with E-state index in [-0.39, 0.29) is 24.8 Å². The molecule has 1 heterocycles. The minimum Gasteiger partial charge on any atom is -0.444 e. The minimum absolute atomic E-state index is 0.0152. The predicted octanol–water partition coefficient (Wildman–Crippen LogP) is 1.31. The van der Waals surface area contributed by atoms with Crippen molar-refractivity contribution in [2.75, 3.05) is 26.4 Å². The summed E-state index contributed by atoms with van der Waals surface area (Å²) in [6.07, 6.45) is 7.97. The zero-order valence-electron chi connectivity index (χ0n) is 10.6. The van der Waals surface area contributed by atoms with Crippen LogP contribution in [0.4, 0.5) is 4.79 Å². The predicted molar refractivity (Wildman–Crippen MR) is 66.3 cm³/mol. The van der Waals surface area contributed by atoms with Crippen LogP contribution in [-0.2, 0) is 9.47 Å². The number of carbonyl (C=O) groups is 1. The van der Waals surface area contributed by atoms with E-state index >= 15 is 0 Å². The molecular weight excluding hydrogens is 234 g/mol. The Hall–Kier alpha value is -1.07. The summed E-state index contributed by atoms with van der Waals surface area (Å²) in [4.78, 5) is 13.6. The molecule has 0 aromatic heterocycles. The number of fused-ring (bicyclic) bond motifs is 1. The van der Waals surface area contributed by atoms with E-state index in [1.165, 1.54) is 0 Å². The zero-order chi connectivity index (χ0) is 12.8. The number of ether oxygens (including phenoxy) is 2. The Kier molecular flexibility index (Phi) is 5.01. The van der Waals surface area contributed by atoms with Gasteiger partial charge in [0.15, 0.2) is 0 Å². The average Bonchev–Trinajstić information content (AvgIpc) is 2.61. The number of rotatable bonds is 5. The average molecular weight is 255 g/mol. The molecule has 0 bridgehead atoms.